The first-order valence-electron chi connectivity index (χ1n) is 15.1. The van der Waals surface area contributed by atoms with Crippen LogP contribution in [0.5, 0.6) is 0 Å². The number of imide groups is 1. The number of carbonyl (C=O) groups excluding carboxylic acids is 2. The minimum Gasteiger partial charge on any atom is -0.331 e. The van der Waals surface area contributed by atoms with E-state index >= 15 is 0 Å². The zero-order valence-corrected chi connectivity index (χ0v) is 26.1. The Kier molecular flexibility index (Phi) is 7.27. The van der Waals surface area contributed by atoms with Crippen LogP contribution < -0.4 is 20.7 Å². The van der Waals surface area contributed by atoms with Crippen LogP contribution in [0.3, 0.4) is 0 Å². The van der Waals surface area contributed by atoms with Crippen LogP contribution in [0.25, 0.3) is 0 Å². The summed E-state index contributed by atoms with van der Waals surface area (Å²) >= 11 is 0. The second kappa shape index (κ2) is 11.4. The summed E-state index contributed by atoms with van der Waals surface area (Å²) in [5.74, 6) is -0.349. The van der Waals surface area contributed by atoms with Crippen molar-refractivity contribution >= 4 is 49.0 Å². The summed E-state index contributed by atoms with van der Waals surface area (Å²) in [6.07, 6.45) is 0.717. The van der Waals surface area contributed by atoms with E-state index in [0.29, 0.717) is 24.1 Å². The zero-order chi connectivity index (χ0) is 29.3. The lowest BCUT2D eigenvalue weighted by Gasteiger charge is -2.47. The fourth-order valence-corrected chi connectivity index (χ4v) is 22.9. The Morgan fingerprint density at radius 2 is 0.767 bits per heavy atom. The van der Waals surface area contributed by atoms with E-state index < -0.39 is 16.5 Å². The third-order valence-electron chi connectivity index (χ3n) is 9.42. The van der Waals surface area contributed by atoms with Gasteiger partial charge in [0.2, 0.25) is 0 Å². The van der Waals surface area contributed by atoms with Crippen molar-refractivity contribution in [1.29, 1.82) is 0 Å². The van der Waals surface area contributed by atoms with Gasteiger partial charge >= 0.3 is 0 Å². The molecule has 4 nitrogen and oxygen atoms in total. The highest BCUT2D eigenvalue weighted by Crippen LogP contribution is 2.37. The highest BCUT2D eigenvalue weighted by atomic mass is 28.4. The van der Waals surface area contributed by atoms with Gasteiger partial charge in [0.05, 0.1) is 11.1 Å². The molecule has 2 amide bonds. The second-order valence-electron chi connectivity index (χ2n) is 11.5. The summed E-state index contributed by atoms with van der Waals surface area (Å²) in [5.41, 5.74) is 1.03. The number of benzene rings is 5. The molecule has 0 radical (unpaired) electrons. The van der Waals surface area contributed by atoms with Gasteiger partial charge < -0.3 is 4.23 Å². The van der Waals surface area contributed by atoms with Crippen LogP contribution >= 0.6 is 0 Å². The molecule has 0 unspecified atom stereocenters. The van der Waals surface area contributed by atoms with Crippen molar-refractivity contribution in [3.63, 3.8) is 0 Å². The Morgan fingerprint density at radius 1 is 0.442 bits per heavy atom. The van der Waals surface area contributed by atoms with Crippen molar-refractivity contribution in [1.82, 2.24) is 9.13 Å². The van der Waals surface area contributed by atoms with Crippen molar-refractivity contribution in [3.05, 3.63) is 157 Å². The summed E-state index contributed by atoms with van der Waals surface area (Å²) in [6, 6.07) is 53.9. The van der Waals surface area contributed by atoms with Crippen LogP contribution in [-0.4, -0.2) is 50.5 Å². The van der Waals surface area contributed by atoms with Gasteiger partial charge in [-0.3, -0.25) is 14.5 Å². The summed E-state index contributed by atoms with van der Waals surface area (Å²) in [7, 11) is -4.97. The molecule has 0 saturated carbocycles. The number of rotatable bonds is 8. The molecule has 0 N–H and O–H groups in total. The van der Waals surface area contributed by atoms with Crippen LogP contribution in [0.15, 0.2) is 146 Å². The first kappa shape index (κ1) is 27.5. The average molecular weight is 595 g/mol. The Labute approximate surface area is 255 Å². The maximum atomic E-state index is 13.3. The summed E-state index contributed by atoms with van der Waals surface area (Å²) in [5, 5.41) is 5.68. The average Bonchev–Trinajstić information content (AvgIpc) is 3.56. The Hall–Kier alpha value is -4.37. The molecule has 43 heavy (non-hydrogen) atoms. The van der Waals surface area contributed by atoms with Crippen LogP contribution in [0, 0.1) is 0 Å². The highest BCUT2D eigenvalue weighted by molar-refractivity contribution is 7.17. The predicted octanol–water partition coefficient (Wildman–Crippen LogP) is 4.51. The Bertz CT molecular complexity index is 1540. The van der Waals surface area contributed by atoms with Crippen molar-refractivity contribution in [2.45, 2.75) is 18.5 Å². The third-order valence-corrected chi connectivity index (χ3v) is 21.6. The Morgan fingerprint density at radius 3 is 1.12 bits per heavy atom. The van der Waals surface area contributed by atoms with Crippen LogP contribution in [0.1, 0.15) is 27.1 Å². The minimum absolute atomic E-state index is 0.175. The van der Waals surface area contributed by atoms with Gasteiger partial charge in [-0.1, -0.05) is 133 Å². The lowest BCUT2D eigenvalue weighted by molar-refractivity contribution is 0.0652. The molecule has 1 saturated heterocycles. The number of hydrogen-bond acceptors (Lipinski definition) is 3. The molecule has 2 aliphatic heterocycles. The predicted molar refractivity (Wildman–Crippen MR) is 179 cm³/mol. The zero-order valence-electron chi connectivity index (χ0n) is 24.1. The maximum Gasteiger partial charge on any atom is 0.261 e. The minimum atomic E-state index is -2.48. The maximum absolute atomic E-state index is 13.3. The van der Waals surface area contributed by atoms with Gasteiger partial charge in [-0.15, -0.1) is 0 Å². The largest absolute Gasteiger partial charge is 0.331 e. The molecular formula is C37H34N2O2Si2. The standard InChI is InChI=1S/C37H34N2O2Si2/c40-36-34-24-13-14-25-35(34)37(41)38(36)26-15-27-39-42(30-16-5-1-6-17-30,31-18-7-2-8-19-31)28-29-43(39,32-20-9-3-10-21-32)33-22-11-4-12-23-33/h1-14,16-25H,15,26-29H2. The third kappa shape index (κ3) is 4.45. The van der Waals surface area contributed by atoms with Gasteiger partial charge in [-0.2, -0.15) is 0 Å². The first-order chi connectivity index (χ1) is 21.2. The van der Waals surface area contributed by atoms with Crippen molar-refractivity contribution < 1.29 is 9.59 Å². The molecule has 0 bridgehead atoms. The van der Waals surface area contributed by atoms with Crippen LogP contribution in [-0.2, 0) is 0 Å². The number of carbonyl (C=O) groups is 2. The van der Waals surface area contributed by atoms with Gasteiger partial charge in [0.1, 0.15) is 0 Å². The van der Waals surface area contributed by atoms with Gasteiger partial charge in [0.15, 0.2) is 16.5 Å². The van der Waals surface area contributed by atoms with Gasteiger partial charge in [0, 0.05) is 6.54 Å². The lowest BCUT2D eigenvalue weighted by Crippen LogP contribution is -2.78. The van der Waals surface area contributed by atoms with E-state index in [1.807, 2.05) is 12.1 Å². The molecule has 0 spiro atoms. The molecule has 2 heterocycles. The lowest BCUT2D eigenvalue weighted by atomic mass is 10.1. The molecule has 7 rings (SSSR count). The molecule has 212 valence electrons. The monoisotopic (exact) mass is 594 g/mol. The Balaban J connectivity index is 1.36. The van der Waals surface area contributed by atoms with E-state index in [2.05, 4.69) is 126 Å². The number of hydrogen-bond donors (Lipinski definition) is 0. The number of nitrogens with zero attached hydrogens (tertiary/aromatic N) is 2. The SMILES string of the molecule is O=C1c2ccccc2C(=O)N1CCCN1[Si](c2ccccc2)(c2ccccc2)CC[Si]1(c1ccccc1)c1ccccc1. The molecule has 5 aromatic carbocycles. The van der Waals surface area contributed by atoms with Gasteiger partial charge in [0.25, 0.3) is 11.8 Å². The van der Waals surface area contributed by atoms with E-state index in [1.54, 1.807) is 12.1 Å². The fourth-order valence-electron chi connectivity index (χ4n) is 7.56. The van der Waals surface area contributed by atoms with Crippen molar-refractivity contribution in [2.24, 2.45) is 0 Å². The molecule has 5 aromatic rings. The van der Waals surface area contributed by atoms with Gasteiger partial charge in [-0.05, 0) is 57.9 Å². The number of fused-ring (bicyclic) bond motifs is 1. The quantitative estimate of drug-likeness (QED) is 0.196. The van der Waals surface area contributed by atoms with E-state index in [4.69, 9.17) is 0 Å². The molecule has 0 aromatic heterocycles. The van der Waals surface area contributed by atoms with E-state index in [0.717, 1.165) is 18.6 Å². The van der Waals surface area contributed by atoms with E-state index in [1.165, 1.54) is 25.6 Å². The molecule has 0 aliphatic carbocycles. The van der Waals surface area contributed by atoms with E-state index in [-0.39, 0.29) is 11.8 Å². The molecule has 1 fully saturated rings. The molecule has 2 aliphatic rings. The summed E-state index contributed by atoms with van der Waals surface area (Å²) in [4.78, 5) is 28.0. The van der Waals surface area contributed by atoms with E-state index in [9.17, 15) is 9.59 Å². The van der Waals surface area contributed by atoms with Crippen LogP contribution in [0.4, 0.5) is 0 Å². The van der Waals surface area contributed by atoms with Gasteiger partial charge in [-0.25, -0.2) is 0 Å². The summed E-state index contributed by atoms with van der Waals surface area (Å²) < 4.78 is 2.95. The first-order valence-corrected chi connectivity index (χ1v) is 19.4. The molecule has 0 atom stereocenters. The number of amides is 2. The second-order valence-corrected chi connectivity index (χ2v) is 19.8. The smallest absolute Gasteiger partial charge is 0.261 e. The summed E-state index contributed by atoms with van der Waals surface area (Å²) in [6.45, 7) is 1.21. The molecule has 6 heteroatoms. The normalized spacial score (nSPS) is 17.3. The highest BCUT2D eigenvalue weighted by Gasteiger charge is 2.60. The fraction of sp³-hybridized carbons (Fsp3) is 0.135. The van der Waals surface area contributed by atoms with Crippen LogP contribution in [0.2, 0.25) is 12.1 Å². The topological polar surface area (TPSA) is 40.6 Å². The van der Waals surface area contributed by atoms with Crippen molar-refractivity contribution in [2.75, 3.05) is 13.1 Å². The molecular weight excluding hydrogens is 561 g/mol. The van der Waals surface area contributed by atoms with Crippen molar-refractivity contribution in [3.8, 4) is 0 Å².